The van der Waals surface area contributed by atoms with E-state index in [4.69, 9.17) is 27.4 Å². The molecule has 3 aromatic carbocycles. The summed E-state index contributed by atoms with van der Waals surface area (Å²) >= 11 is 12.0. The van der Waals surface area contributed by atoms with Crippen LogP contribution in [-0.4, -0.2) is 14.6 Å². The van der Waals surface area contributed by atoms with Crippen LogP contribution in [0.1, 0.15) is 11.1 Å². The summed E-state index contributed by atoms with van der Waals surface area (Å²) in [6.45, 7) is 1.97. The van der Waals surface area contributed by atoms with E-state index in [0.717, 1.165) is 16.8 Å². The summed E-state index contributed by atoms with van der Waals surface area (Å²) in [7, 11) is -4.00. The second-order valence-corrected chi connectivity index (χ2v) is 8.12. The van der Waals surface area contributed by atoms with Crippen molar-refractivity contribution in [3.63, 3.8) is 0 Å². The molecule has 0 amide bonds. The van der Waals surface area contributed by atoms with Gasteiger partial charge in [0.15, 0.2) is 5.75 Å². The van der Waals surface area contributed by atoms with Crippen LogP contribution >= 0.6 is 23.2 Å². The number of nitrogens with zero attached hydrogens (tertiary/aromatic N) is 1. The van der Waals surface area contributed by atoms with E-state index in [2.05, 4.69) is 4.99 Å². The van der Waals surface area contributed by atoms with Gasteiger partial charge in [-0.3, -0.25) is 4.99 Å². The van der Waals surface area contributed by atoms with E-state index in [1.807, 2.05) is 31.2 Å². The summed E-state index contributed by atoms with van der Waals surface area (Å²) in [4.78, 5) is 4.42. The topological polar surface area (TPSA) is 55.7 Å². The van der Waals surface area contributed by atoms with Crippen LogP contribution in [0.5, 0.6) is 5.75 Å². The number of para-hydroxylation sites is 1. The zero-order valence-corrected chi connectivity index (χ0v) is 16.6. The monoisotopic (exact) mass is 419 g/mol. The van der Waals surface area contributed by atoms with Crippen molar-refractivity contribution in [2.45, 2.75) is 11.8 Å². The van der Waals surface area contributed by atoms with Gasteiger partial charge in [0.1, 0.15) is 4.90 Å². The zero-order chi connectivity index (χ0) is 19.4. The van der Waals surface area contributed by atoms with Gasteiger partial charge in [-0.25, -0.2) is 0 Å². The number of aryl methyl sites for hydroxylation is 1. The first kappa shape index (κ1) is 19.4. The van der Waals surface area contributed by atoms with Gasteiger partial charge in [0.2, 0.25) is 0 Å². The van der Waals surface area contributed by atoms with E-state index in [0.29, 0.717) is 5.02 Å². The third-order valence-corrected chi connectivity index (χ3v) is 5.52. The molecule has 0 aromatic heterocycles. The van der Waals surface area contributed by atoms with Gasteiger partial charge in [-0.2, -0.15) is 8.42 Å². The Bertz CT molecular complexity index is 1090. The van der Waals surface area contributed by atoms with Gasteiger partial charge in [0, 0.05) is 11.2 Å². The quantitative estimate of drug-likeness (QED) is 0.386. The number of hydrogen-bond acceptors (Lipinski definition) is 4. The molecule has 0 radical (unpaired) electrons. The molecule has 7 heteroatoms. The molecule has 3 rings (SSSR count). The molecule has 4 nitrogen and oxygen atoms in total. The minimum atomic E-state index is -4.00. The lowest BCUT2D eigenvalue weighted by Crippen LogP contribution is -2.10. The zero-order valence-electron chi connectivity index (χ0n) is 14.3. The molecule has 0 unspecified atom stereocenters. The summed E-state index contributed by atoms with van der Waals surface area (Å²) in [5.41, 5.74) is 2.62. The second-order valence-electron chi connectivity index (χ2n) is 5.73. The van der Waals surface area contributed by atoms with E-state index in [9.17, 15) is 8.42 Å². The fourth-order valence-electron chi connectivity index (χ4n) is 2.28. The molecule has 0 atom stereocenters. The van der Waals surface area contributed by atoms with Gasteiger partial charge in [-0.1, -0.05) is 41.4 Å². The molecule has 0 saturated heterocycles. The highest BCUT2D eigenvalue weighted by molar-refractivity contribution is 7.87. The summed E-state index contributed by atoms with van der Waals surface area (Å²) in [6, 6.07) is 18.2. The van der Waals surface area contributed by atoms with Crippen molar-refractivity contribution in [3.8, 4) is 5.75 Å². The van der Waals surface area contributed by atoms with Crippen molar-refractivity contribution in [1.82, 2.24) is 0 Å². The largest absolute Gasteiger partial charge is 0.377 e. The lowest BCUT2D eigenvalue weighted by molar-refractivity contribution is 0.486. The van der Waals surface area contributed by atoms with Crippen molar-refractivity contribution < 1.29 is 12.6 Å². The molecule has 0 aliphatic rings. The predicted octanol–water partition coefficient (Wildman–Crippen LogP) is 5.82. The Morgan fingerprint density at radius 3 is 2.33 bits per heavy atom. The number of halogens is 2. The number of aliphatic imine (C=N–C) groups is 1. The molecule has 0 N–H and O–H groups in total. The fraction of sp³-hybridized carbons (Fsp3) is 0.0500. The molecule has 0 fully saturated rings. The number of benzene rings is 3. The maximum Gasteiger partial charge on any atom is 0.339 e. The molecule has 0 spiro atoms. The average Bonchev–Trinajstić information content (AvgIpc) is 2.63. The summed E-state index contributed by atoms with van der Waals surface area (Å²) in [5, 5.41) is 0.602. The summed E-state index contributed by atoms with van der Waals surface area (Å²) < 4.78 is 29.8. The normalized spacial score (nSPS) is 11.7. The standard InChI is InChI=1S/C20H15Cl2NO3S/c1-14-4-2-3-5-19(14)23-13-15-6-11-20(18(22)12-15)26-27(24,25)17-9-7-16(21)8-10-17/h2-13H,1H3. The van der Waals surface area contributed by atoms with E-state index in [1.165, 1.54) is 30.3 Å². The Morgan fingerprint density at radius 1 is 0.963 bits per heavy atom. The highest BCUT2D eigenvalue weighted by Gasteiger charge is 2.18. The molecular weight excluding hydrogens is 405 g/mol. The first-order chi connectivity index (χ1) is 12.8. The second kappa shape index (κ2) is 8.13. The molecule has 27 heavy (non-hydrogen) atoms. The lowest BCUT2D eigenvalue weighted by atomic mass is 10.2. The predicted molar refractivity (Wildman–Crippen MR) is 109 cm³/mol. The molecule has 0 heterocycles. The Hall–Kier alpha value is -2.34. The lowest BCUT2D eigenvalue weighted by Gasteiger charge is -2.09. The highest BCUT2D eigenvalue weighted by Crippen LogP contribution is 2.29. The molecule has 3 aromatic rings. The van der Waals surface area contributed by atoms with Crippen LogP contribution < -0.4 is 4.18 Å². The highest BCUT2D eigenvalue weighted by atomic mass is 35.5. The van der Waals surface area contributed by atoms with Crippen LogP contribution in [-0.2, 0) is 10.1 Å². The van der Waals surface area contributed by atoms with Gasteiger partial charge in [0.25, 0.3) is 0 Å². The van der Waals surface area contributed by atoms with E-state index < -0.39 is 10.1 Å². The third kappa shape index (κ3) is 4.89. The third-order valence-electron chi connectivity index (χ3n) is 3.73. The van der Waals surface area contributed by atoms with E-state index in [1.54, 1.807) is 18.3 Å². The van der Waals surface area contributed by atoms with Gasteiger partial charge in [-0.15, -0.1) is 0 Å². The molecule has 0 bridgehead atoms. The van der Waals surface area contributed by atoms with Gasteiger partial charge in [0.05, 0.1) is 10.7 Å². The number of rotatable bonds is 5. The Balaban J connectivity index is 1.81. The minimum Gasteiger partial charge on any atom is -0.377 e. The smallest absolute Gasteiger partial charge is 0.339 e. The SMILES string of the molecule is Cc1ccccc1N=Cc1ccc(OS(=O)(=O)c2ccc(Cl)cc2)c(Cl)c1. The number of hydrogen-bond donors (Lipinski definition) is 0. The van der Waals surface area contributed by atoms with Crippen LogP contribution in [0.3, 0.4) is 0 Å². The van der Waals surface area contributed by atoms with Crippen LogP contribution in [0.15, 0.2) is 76.6 Å². The molecule has 0 saturated carbocycles. The van der Waals surface area contributed by atoms with Crippen LogP contribution in [0.4, 0.5) is 5.69 Å². The first-order valence-electron chi connectivity index (χ1n) is 7.94. The summed E-state index contributed by atoms with van der Waals surface area (Å²) in [5.74, 6) is 0.0414. The van der Waals surface area contributed by atoms with Gasteiger partial charge < -0.3 is 4.18 Å². The Labute approximate surface area is 168 Å². The maximum atomic E-state index is 12.3. The average molecular weight is 420 g/mol. The fourth-order valence-corrected chi connectivity index (χ4v) is 3.63. The van der Waals surface area contributed by atoms with Gasteiger partial charge >= 0.3 is 10.1 Å². The van der Waals surface area contributed by atoms with Crippen molar-refractivity contribution in [3.05, 3.63) is 87.9 Å². The molecular formula is C20H15Cl2NO3S. The Kier molecular flexibility index (Phi) is 5.85. The Morgan fingerprint density at radius 2 is 1.67 bits per heavy atom. The minimum absolute atomic E-state index is 0.00633. The van der Waals surface area contributed by atoms with Crippen LogP contribution in [0.25, 0.3) is 0 Å². The first-order valence-corrected chi connectivity index (χ1v) is 10.1. The molecule has 138 valence electrons. The van der Waals surface area contributed by atoms with Gasteiger partial charge in [-0.05, 0) is 66.6 Å². The van der Waals surface area contributed by atoms with Crippen molar-refractivity contribution in [1.29, 1.82) is 0 Å². The van der Waals surface area contributed by atoms with E-state index in [-0.39, 0.29) is 15.7 Å². The maximum absolute atomic E-state index is 12.3. The van der Waals surface area contributed by atoms with Crippen molar-refractivity contribution in [2.24, 2.45) is 4.99 Å². The van der Waals surface area contributed by atoms with Crippen molar-refractivity contribution >= 4 is 45.2 Å². The summed E-state index contributed by atoms with van der Waals surface area (Å²) in [6.07, 6.45) is 1.66. The van der Waals surface area contributed by atoms with Crippen LogP contribution in [0, 0.1) is 6.92 Å². The van der Waals surface area contributed by atoms with E-state index >= 15 is 0 Å². The van der Waals surface area contributed by atoms with Crippen molar-refractivity contribution in [2.75, 3.05) is 0 Å². The molecule has 0 aliphatic heterocycles. The van der Waals surface area contributed by atoms with Crippen LogP contribution in [0.2, 0.25) is 10.0 Å². The molecule has 0 aliphatic carbocycles.